The number of ether oxygens (including phenoxy) is 1. The van der Waals surface area contributed by atoms with Crippen molar-refractivity contribution in [2.45, 2.75) is 6.54 Å². The van der Waals surface area contributed by atoms with Crippen LogP contribution < -0.4 is 15.4 Å². The number of halogens is 1. The topological polar surface area (TPSA) is 63.2 Å². The number of amides is 1. The SMILES string of the molecule is COc1ccc(CNc2ccc(NC(=O)c3ccccc3Cl)nc2)cc1. The minimum atomic E-state index is -0.290. The van der Waals surface area contributed by atoms with Crippen LogP contribution >= 0.6 is 11.6 Å². The summed E-state index contributed by atoms with van der Waals surface area (Å²) < 4.78 is 5.14. The number of anilines is 2. The lowest BCUT2D eigenvalue weighted by Gasteiger charge is -2.09. The Kier molecular flexibility index (Phi) is 5.71. The lowest BCUT2D eigenvalue weighted by atomic mass is 10.2. The van der Waals surface area contributed by atoms with Gasteiger partial charge in [0.05, 0.1) is 29.6 Å². The van der Waals surface area contributed by atoms with Crippen LogP contribution in [0.4, 0.5) is 11.5 Å². The Morgan fingerprint density at radius 3 is 2.50 bits per heavy atom. The lowest BCUT2D eigenvalue weighted by Crippen LogP contribution is -2.13. The van der Waals surface area contributed by atoms with Crippen molar-refractivity contribution < 1.29 is 9.53 Å². The molecule has 3 aromatic rings. The van der Waals surface area contributed by atoms with Crippen LogP contribution in [0, 0.1) is 0 Å². The van der Waals surface area contributed by atoms with Crippen molar-refractivity contribution in [1.82, 2.24) is 4.98 Å². The van der Waals surface area contributed by atoms with Gasteiger partial charge in [-0.3, -0.25) is 4.79 Å². The van der Waals surface area contributed by atoms with Gasteiger partial charge in [0.1, 0.15) is 11.6 Å². The molecule has 0 aliphatic heterocycles. The second-order valence-corrected chi connectivity index (χ2v) is 5.97. The summed E-state index contributed by atoms with van der Waals surface area (Å²) in [6.45, 7) is 0.664. The third kappa shape index (κ3) is 4.52. The van der Waals surface area contributed by atoms with Crippen LogP contribution in [0.2, 0.25) is 5.02 Å². The van der Waals surface area contributed by atoms with Crippen molar-refractivity contribution >= 4 is 29.0 Å². The van der Waals surface area contributed by atoms with Crippen LogP contribution in [0.3, 0.4) is 0 Å². The number of hydrogen-bond acceptors (Lipinski definition) is 4. The van der Waals surface area contributed by atoms with Gasteiger partial charge < -0.3 is 15.4 Å². The molecule has 0 fully saturated rings. The Bertz CT molecular complexity index is 880. The van der Waals surface area contributed by atoms with E-state index in [-0.39, 0.29) is 5.91 Å². The molecule has 3 rings (SSSR count). The van der Waals surface area contributed by atoms with E-state index in [2.05, 4.69) is 15.6 Å². The molecule has 0 atom stereocenters. The molecular weight excluding hydrogens is 350 g/mol. The van der Waals surface area contributed by atoms with Gasteiger partial charge in [-0.05, 0) is 42.0 Å². The van der Waals surface area contributed by atoms with Gasteiger partial charge >= 0.3 is 0 Å². The quantitative estimate of drug-likeness (QED) is 0.668. The molecule has 0 saturated heterocycles. The molecule has 5 nitrogen and oxygen atoms in total. The molecule has 0 unspecified atom stereocenters. The number of nitrogens with zero attached hydrogens (tertiary/aromatic N) is 1. The number of rotatable bonds is 6. The first-order chi connectivity index (χ1) is 12.7. The Morgan fingerprint density at radius 2 is 1.85 bits per heavy atom. The van der Waals surface area contributed by atoms with E-state index < -0.39 is 0 Å². The molecule has 26 heavy (non-hydrogen) atoms. The second kappa shape index (κ2) is 8.36. The monoisotopic (exact) mass is 367 g/mol. The zero-order valence-electron chi connectivity index (χ0n) is 14.2. The number of methoxy groups -OCH3 is 1. The van der Waals surface area contributed by atoms with Crippen molar-refractivity contribution in [1.29, 1.82) is 0 Å². The number of nitrogens with one attached hydrogen (secondary N) is 2. The van der Waals surface area contributed by atoms with Gasteiger partial charge in [0.25, 0.3) is 5.91 Å². The molecule has 1 aromatic heterocycles. The number of aromatic nitrogens is 1. The van der Waals surface area contributed by atoms with Crippen molar-refractivity contribution in [3.05, 3.63) is 83.0 Å². The molecule has 0 aliphatic carbocycles. The van der Waals surface area contributed by atoms with Gasteiger partial charge in [-0.25, -0.2) is 4.98 Å². The van der Waals surface area contributed by atoms with Gasteiger partial charge in [-0.2, -0.15) is 0 Å². The smallest absolute Gasteiger partial charge is 0.258 e. The normalized spacial score (nSPS) is 10.2. The third-order valence-electron chi connectivity index (χ3n) is 3.78. The van der Waals surface area contributed by atoms with E-state index in [0.29, 0.717) is 22.9 Å². The van der Waals surface area contributed by atoms with E-state index in [1.165, 1.54) is 0 Å². The van der Waals surface area contributed by atoms with Crippen LogP contribution in [0.15, 0.2) is 66.9 Å². The van der Waals surface area contributed by atoms with Crippen LogP contribution in [0.25, 0.3) is 0 Å². The van der Waals surface area contributed by atoms with Crippen LogP contribution in [-0.4, -0.2) is 18.0 Å². The Morgan fingerprint density at radius 1 is 1.08 bits per heavy atom. The molecular formula is C20H18ClN3O2. The van der Waals surface area contributed by atoms with Crippen molar-refractivity contribution in [2.24, 2.45) is 0 Å². The second-order valence-electron chi connectivity index (χ2n) is 5.57. The zero-order chi connectivity index (χ0) is 18.4. The van der Waals surface area contributed by atoms with E-state index in [9.17, 15) is 4.79 Å². The Labute approximate surface area is 157 Å². The largest absolute Gasteiger partial charge is 0.497 e. The summed E-state index contributed by atoms with van der Waals surface area (Å²) in [6.07, 6.45) is 1.67. The van der Waals surface area contributed by atoms with E-state index >= 15 is 0 Å². The van der Waals surface area contributed by atoms with Gasteiger partial charge in [0.15, 0.2) is 0 Å². The number of benzene rings is 2. The van der Waals surface area contributed by atoms with E-state index in [0.717, 1.165) is 17.0 Å². The number of pyridine rings is 1. The van der Waals surface area contributed by atoms with Crippen LogP contribution in [-0.2, 0) is 6.54 Å². The fourth-order valence-corrected chi connectivity index (χ4v) is 2.57. The van der Waals surface area contributed by atoms with Gasteiger partial charge in [0, 0.05) is 6.54 Å². The molecule has 0 saturated carbocycles. The average Bonchev–Trinajstić information content (AvgIpc) is 2.68. The molecule has 0 aliphatic rings. The van der Waals surface area contributed by atoms with Crippen molar-refractivity contribution in [2.75, 3.05) is 17.7 Å². The fourth-order valence-electron chi connectivity index (χ4n) is 2.35. The maximum atomic E-state index is 12.2. The number of carbonyl (C=O) groups is 1. The molecule has 0 radical (unpaired) electrons. The van der Waals surface area contributed by atoms with Crippen LogP contribution in [0.5, 0.6) is 5.75 Å². The highest BCUT2D eigenvalue weighted by molar-refractivity contribution is 6.34. The summed E-state index contributed by atoms with van der Waals surface area (Å²) in [4.78, 5) is 16.5. The Balaban J connectivity index is 1.57. The summed E-state index contributed by atoms with van der Waals surface area (Å²) in [7, 11) is 1.64. The van der Waals surface area contributed by atoms with Crippen molar-refractivity contribution in [3.63, 3.8) is 0 Å². The summed E-state index contributed by atoms with van der Waals surface area (Å²) in [5.74, 6) is 1.00. The third-order valence-corrected chi connectivity index (χ3v) is 4.11. The molecule has 0 bridgehead atoms. The summed E-state index contributed by atoms with van der Waals surface area (Å²) >= 11 is 6.03. The maximum absolute atomic E-state index is 12.2. The highest BCUT2D eigenvalue weighted by Crippen LogP contribution is 2.18. The van der Waals surface area contributed by atoms with Crippen LogP contribution in [0.1, 0.15) is 15.9 Å². The molecule has 6 heteroatoms. The summed E-state index contributed by atoms with van der Waals surface area (Å²) in [6, 6.07) is 18.3. The lowest BCUT2D eigenvalue weighted by molar-refractivity contribution is 0.102. The summed E-state index contributed by atoms with van der Waals surface area (Å²) in [5, 5.41) is 6.42. The van der Waals surface area contributed by atoms with E-state index in [1.807, 2.05) is 30.3 Å². The molecule has 1 amide bonds. The first kappa shape index (κ1) is 17.8. The summed E-state index contributed by atoms with van der Waals surface area (Å²) in [5.41, 5.74) is 2.40. The number of hydrogen-bond donors (Lipinski definition) is 2. The predicted molar refractivity (Wildman–Crippen MR) is 104 cm³/mol. The number of carbonyl (C=O) groups excluding carboxylic acids is 1. The zero-order valence-corrected chi connectivity index (χ0v) is 15.0. The van der Waals surface area contributed by atoms with Gasteiger partial charge in [0.2, 0.25) is 0 Å². The molecule has 2 aromatic carbocycles. The van der Waals surface area contributed by atoms with E-state index in [1.54, 1.807) is 43.6 Å². The molecule has 0 spiro atoms. The molecule has 2 N–H and O–H groups in total. The highest BCUT2D eigenvalue weighted by Gasteiger charge is 2.10. The van der Waals surface area contributed by atoms with Gasteiger partial charge in [-0.15, -0.1) is 0 Å². The minimum Gasteiger partial charge on any atom is -0.497 e. The standard InChI is InChI=1S/C20H18ClN3O2/c1-26-16-9-6-14(7-10-16)12-22-15-8-11-19(23-13-15)24-20(25)17-4-2-3-5-18(17)21/h2-11,13,22H,12H2,1H3,(H,23,24,25). The first-order valence-electron chi connectivity index (χ1n) is 8.04. The average molecular weight is 368 g/mol. The molecule has 132 valence electrons. The molecule has 1 heterocycles. The minimum absolute atomic E-state index is 0.290. The first-order valence-corrected chi connectivity index (χ1v) is 8.42. The van der Waals surface area contributed by atoms with Crippen molar-refractivity contribution in [3.8, 4) is 5.75 Å². The van der Waals surface area contributed by atoms with Gasteiger partial charge in [-0.1, -0.05) is 35.9 Å². The maximum Gasteiger partial charge on any atom is 0.258 e. The Hall–Kier alpha value is -3.05. The highest BCUT2D eigenvalue weighted by atomic mass is 35.5. The predicted octanol–water partition coefficient (Wildman–Crippen LogP) is 4.61. The van der Waals surface area contributed by atoms with E-state index in [4.69, 9.17) is 16.3 Å². The fraction of sp³-hybridized carbons (Fsp3) is 0.100.